The molecule has 2 rings (SSSR count). The lowest BCUT2D eigenvalue weighted by Gasteiger charge is -2.19. The van der Waals surface area contributed by atoms with Crippen LogP contribution in [0.1, 0.15) is 42.2 Å². The minimum atomic E-state index is -3.14. The van der Waals surface area contributed by atoms with Gasteiger partial charge in [0.25, 0.3) is 0 Å². The summed E-state index contributed by atoms with van der Waals surface area (Å²) >= 11 is 1.65. The lowest BCUT2D eigenvalue weighted by molar-refractivity contribution is 0.492. The molecule has 21 heavy (non-hydrogen) atoms. The number of nitrogens with zero attached hydrogens (tertiary/aromatic N) is 1. The molecule has 1 aromatic carbocycles. The molecule has 0 saturated carbocycles. The van der Waals surface area contributed by atoms with Crippen molar-refractivity contribution in [2.45, 2.75) is 37.8 Å². The molecule has 0 aliphatic heterocycles. The van der Waals surface area contributed by atoms with Gasteiger partial charge in [0.2, 0.25) is 0 Å². The van der Waals surface area contributed by atoms with E-state index in [1.54, 1.807) is 23.5 Å². The van der Waals surface area contributed by atoms with E-state index in [-0.39, 0.29) is 12.1 Å². The number of hydrogen-bond acceptors (Lipinski definition) is 5. The Morgan fingerprint density at radius 2 is 1.76 bits per heavy atom. The highest BCUT2D eigenvalue weighted by molar-refractivity contribution is 7.90. The maximum absolute atomic E-state index is 11.5. The van der Waals surface area contributed by atoms with Crippen molar-refractivity contribution >= 4 is 21.2 Å². The molecule has 1 aromatic heterocycles. The molecule has 0 saturated heterocycles. The molecular weight excluding hydrogens is 304 g/mol. The molecule has 2 atom stereocenters. The summed E-state index contributed by atoms with van der Waals surface area (Å²) in [7, 11) is -3.14. The van der Waals surface area contributed by atoms with Crippen molar-refractivity contribution in [1.29, 1.82) is 0 Å². The van der Waals surface area contributed by atoms with Gasteiger partial charge < -0.3 is 5.32 Å². The molecule has 0 spiro atoms. The number of rotatable bonds is 5. The van der Waals surface area contributed by atoms with Gasteiger partial charge in [-0.2, -0.15) is 0 Å². The van der Waals surface area contributed by atoms with Crippen molar-refractivity contribution < 1.29 is 8.42 Å². The third-order valence-corrected chi connectivity index (χ3v) is 5.59. The van der Waals surface area contributed by atoms with Crippen LogP contribution in [0.25, 0.3) is 0 Å². The first kappa shape index (κ1) is 16.1. The van der Waals surface area contributed by atoms with Crippen LogP contribution in [0.3, 0.4) is 0 Å². The first-order valence-corrected chi connectivity index (χ1v) is 9.52. The summed E-state index contributed by atoms with van der Waals surface area (Å²) in [5, 5.41) is 6.59. The van der Waals surface area contributed by atoms with Gasteiger partial charge in [-0.1, -0.05) is 12.1 Å². The predicted octanol–water partition coefficient (Wildman–Crippen LogP) is 3.27. The Bertz CT molecular complexity index is 706. The van der Waals surface area contributed by atoms with Crippen LogP contribution in [0, 0.1) is 6.92 Å². The highest BCUT2D eigenvalue weighted by atomic mass is 32.2. The number of thiazole rings is 1. The second-order valence-corrected chi connectivity index (χ2v) is 8.18. The Labute approximate surface area is 130 Å². The average molecular weight is 324 g/mol. The second-order valence-electron chi connectivity index (χ2n) is 5.28. The Morgan fingerprint density at radius 1 is 1.14 bits per heavy atom. The van der Waals surface area contributed by atoms with Crippen molar-refractivity contribution in [1.82, 2.24) is 10.3 Å². The summed E-state index contributed by atoms with van der Waals surface area (Å²) in [6.45, 7) is 6.13. The van der Waals surface area contributed by atoms with Crippen LogP contribution in [0.2, 0.25) is 0 Å². The van der Waals surface area contributed by atoms with Gasteiger partial charge >= 0.3 is 0 Å². The van der Waals surface area contributed by atoms with E-state index in [4.69, 9.17) is 0 Å². The largest absolute Gasteiger partial charge is 0.302 e. The molecule has 0 aliphatic carbocycles. The molecule has 1 N–H and O–H groups in total. The summed E-state index contributed by atoms with van der Waals surface area (Å²) < 4.78 is 22.9. The summed E-state index contributed by atoms with van der Waals surface area (Å²) in [6.07, 6.45) is 1.22. The smallest absolute Gasteiger partial charge is 0.175 e. The van der Waals surface area contributed by atoms with Crippen molar-refractivity contribution in [3.05, 3.63) is 45.9 Å². The molecule has 4 nitrogen and oxygen atoms in total. The minimum Gasteiger partial charge on any atom is -0.302 e. The Kier molecular flexibility index (Phi) is 4.81. The maximum atomic E-state index is 11.5. The monoisotopic (exact) mass is 324 g/mol. The highest BCUT2D eigenvalue weighted by Gasteiger charge is 2.14. The standard InChI is InChI=1S/C15H20N2O2S2/c1-10-9-20-15(16-10)12(3)17-11(2)13-5-7-14(8-6-13)21(4,18)19/h5-9,11-12,17H,1-4H3. The molecule has 0 bridgehead atoms. The van der Waals surface area contributed by atoms with E-state index >= 15 is 0 Å². The van der Waals surface area contributed by atoms with Gasteiger partial charge in [-0.15, -0.1) is 11.3 Å². The number of aromatic nitrogens is 1. The number of sulfone groups is 1. The fraction of sp³-hybridized carbons (Fsp3) is 0.400. The molecule has 6 heteroatoms. The van der Waals surface area contributed by atoms with Gasteiger partial charge in [-0.05, 0) is 38.5 Å². The maximum Gasteiger partial charge on any atom is 0.175 e. The number of aryl methyl sites for hydroxylation is 1. The van der Waals surface area contributed by atoms with E-state index in [1.807, 2.05) is 24.4 Å². The van der Waals surface area contributed by atoms with Crippen molar-refractivity contribution in [2.75, 3.05) is 6.26 Å². The topological polar surface area (TPSA) is 59.1 Å². The van der Waals surface area contributed by atoms with E-state index < -0.39 is 9.84 Å². The van der Waals surface area contributed by atoms with Gasteiger partial charge in [0, 0.05) is 23.4 Å². The molecule has 0 fully saturated rings. The third kappa shape index (κ3) is 4.12. The summed E-state index contributed by atoms with van der Waals surface area (Å²) in [5.41, 5.74) is 2.09. The molecule has 114 valence electrons. The predicted molar refractivity (Wildman–Crippen MR) is 86.4 cm³/mol. The van der Waals surface area contributed by atoms with Crippen molar-refractivity contribution in [3.63, 3.8) is 0 Å². The van der Waals surface area contributed by atoms with Crippen LogP contribution in [0.15, 0.2) is 34.5 Å². The van der Waals surface area contributed by atoms with Crippen molar-refractivity contribution in [3.8, 4) is 0 Å². The van der Waals surface area contributed by atoms with Crippen LogP contribution in [-0.2, 0) is 9.84 Å². The van der Waals surface area contributed by atoms with Gasteiger partial charge in [-0.3, -0.25) is 0 Å². The zero-order valence-corrected chi connectivity index (χ0v) is 14.3. The Morgan fingerprint density at radius 3 is 2.24 bits per heavy atom. The van der Waals surface area contributed by atoms with E-state index in [0.29, 0.717) is 4.90 Å². The van der Waals surface area contributed by atoms with Gasteiger partial charge in [-0.25, -0.2) is 13.4 Å². The van der Waals surface area contributed by atoms with Crippen LogP contribution >= 0.6 is 11.3 Å². The van der Waals surface area contributed by atoms with E-state index in [9.17, 15) is 8.42 Å². The van der Waals surface area contributed by atoms with E-state index in [0.717, 1.165) is 16.3 Å². The molecule has 0 aliphatic rings. The molecule has 0 amide bonds. The average Bonchev–Trinajstić information content (AvgIpc) is 2.84. The molecule has 0 radical (unpaired) electrons. The van der Waals surface area contributed by atoms with Crippen molar-refractivity contribution in [2.24, 2.45) is 0 Å². The number of benzene rings is 1. The summed E-state index contributed by atoms with van der Waals surface area (Å²) in [5.74, 6) is 0. The van der Waals surface area contributed by atoms with Crippen LogP contribution in [0.4, 0.5) is 0 Å². The fourth-order valence-corrected chi connectivity index (χ4v) is 3.56. The number of hydrogen-bond donors (Lipinski definition) is 1. The second kappa shape index (κ2) is 6.25. The van der Waals surface area contributed by atoms with E-state index in [2.05, 4.69) is 24.1 Å². The van der Waals surface area contributed by atoms with Crippen LogP contribution in [-0.4, -0.2) is 19.7 Å². The lowest BCUT2D eigenvalue weighted by atomic mass is 10.1. The van der Waals surface area contributed by atoms with Gasteiger partial charge in [0.1, 0.15) is 5.01 Å². The lowest BCUT2D eigenvalue weighted by Crippen LogP contribution is -2.22. The normalized spacial score (nSPS) is 14.9. The first-order valence-electron chi connectivity index (χ1n) is 6.75. The molecular formula is C15H20N2O2S2. The first-order chi connectivity index (χ1) is 9.77. The van der Waals surface area contributed by atoms with Gasteiger partial charge in [0.15, 0.2) is 9.84 Å². The SMILES string of the molecule is Cc1csc(C(C)NC(C)c2ccc(S(C)(=O)=O)cc2)n1. The summed E-state index contributed by atoms with van der Waals surface area (Å²) in [6, 6.07) is 7.30. The quantitative estimate of drug-likeness (QED) is 0.917. The van der Waals surface area contributed by atoms with Gasteiger partial charge in [0.05, 0.1) is 10.9 Å². The Hall–Kier alpha value is -1.24. The zero-order chi connectivity index (χ0) is 15.6. The third-order valence-electron chi connectivity index (χ3n) is 3.32. The molecule has 2 unspecified atom stereocenters. The minimum absolute atomic E-state index is 0.123. The molecule has 1 heterocycles. The summed E-state index contributed by atoms with van der Waals surface area (Å²) in [4.78, 5) is 4.83. The van der Waals surface area contributed by atoms with Crippen LogP contribution < -0.4 is 5.32 Å². The Balaban J connectivity index is 2.08. The fourth-order valence-electron chi connectivity index (χ4n) is 2.12. The highest BCUT2D eigenvalue weighted by Crippen LogP contribution is 2.22. The molecule has 2 aromatic rings. The number of nitrogens with one attached hydrogen (secondary N) is 1. The van der Waals surface area contributed by atoms with E-state index in [1.165, 1.54) is 6.26 Å². The zero-order valence-electron chi connectivity index (χ0n) is 12.6. The van der Waals surface area contributed by atoms with Crippen LogP contribution in [0.5, 0.6) is 0 Å².